The van der Waals surface area contributed by atoms with E-state index in [-0.39, 0.29) is 24.0 Å². The summed E-state index contributed by atoms with van der Waals surface area (Å²) in [7, 11) is -3.07. The third-order valence-corrected chi connectivity index (χ3v) is 5.92. The highest BCUT2D eigenvalue weighted by Gasteiger charge is 2.32. The molecule has 21 heavy (non-hydrogen) atoms. The summed E-state index contributed by atoms with van der Waals surface area (Å²) in [4.78, 5) is 23.3. The Hall–Kier alpha value is -1.67. The number of sulfone groups is 1. The van der Waals surface area contributed by atoms with Crippen LogP contribution in [0.15, 0.2) is 17.5 Å². The summed E-state index contributed by atoms with van der Waals surface area (Å²) in [5.41, 5.74) is 0.738. The SMILES string of the molecule is O=C(O)/C=C/c1ccsc1CNC(=O)C1CCS(=O)(=O)C1. The quantitative estimate of drug-likeness (QED) is 0.782. The zero-order valence-electron chi connectivity index (χ0n) is 11.1. The molecule has 0 spiro atoms. The summed E-state index contributed by atoms with van der Waals surface area (Å²) in [6.07, 6.45) is 2.88. The van der Waals surface area contributed by atoms with Crippen LogP contribution in [0.5, 0.6) is 0 Å². The molecule has 1 aromatic heterocycles. The summed E-state index contributed by atoms with van der Waals surface area (Å²) in [6.45, 7) is 0.270. The molecule has 2 rings (SSSR count). The van der Waals surface area contributed by atoms with Crippen molar-refractivity contribution in [3.05, 3.63) is 28.0 Å². The lowest BCUT2D eigenvalue weighted by Gasteiger charge is -2.09. The van der Waals surface area contributed by atoms with Gasteiger partial charge in [-0.15, -0.1) is 11.3 Å². The highest BCUT2D eigenvalue weighted by molar-refractivity contribution is 7.91. The number of thiophene rings is 1. The minimum Gasteiger partial charge on any atom is -0.478 e. The second-order valence-corrected chi connectivity index (χ2v) is 8.02. The number of carbonyl (C=O) groups excluding carboxylic acids is 1. The van der Waals surface area contributed by atoms with E-state index in [4.69, 9.17) is 5.11 Å². The van der Waals surface area contributed by atoms with E-state index in [1.165, 1.54) is 17.4 Å². The molecule has 1 unspecified atom stereocenters. The third-order valence-electron chi connectivity index (χ3n) is 3.21. The Morgan fingerprint density at radius 1 is 1.48 bits per heavy atom. The summed E-state index contributed by atoms with van der Waals surface area (Å²) < 4.78 is 22.7. The van der Waals surface area contributed by atoms with Crippen molar-refractivity contribution in [1.82, 2.24) is 5.32 Å². The van der Waals surface area contributed by atoms with Gasteiger partial charge in [0.05, 0.1) is 24.0 Å². The van der Waals surface area contributed by atoms with E-state index < -0.39 is 21.7 Å². The molecule has 1 saturated heterocycles. The second-order valence-electron chi connectivity index (χ2n) is 4.79. The normalized spacial score (nSPS) is 20.7. The van der Waals surface area contributed by atoms with Gasteiger partial charge in [0, 0.05) is 11.0 Å². The minimum atomic E-state index is -3.07. The monoisotopic (exact) mass is 329 g/mol. The number of carboxylic acid groups (broad SMARTS) is 1. The van der Waals surface area contributed by atoms with Gasteiger partial charge in [-0.25, -0.2) is 13.2 Å². The second kappa shape index (κ2) is 6.40. The molecule has 0 aliphatic carbocycles. The van der Waals surface area contributed by atoms with Crippen molar-refractivity contribution >= 4 is 39.1 Å². The molecule has 1 aliphatic heterocycles. The van der Waals surface area contributed by atoms with Crippen LogP contribution in [-0.2, 0) is 26.0 Å². The number of hydrogen-bond acceptors (Lipinski definition) is 5. The molecular weight excluding hydrogens is 314 g/mol. The third kappa shape index (κ3) is 4.40. The Morgan fingerprint density at radius 2 is 2.24 bits per heavy atom. The Morgan fingerprint density at radius 3 is 2.86 bits per heavy atom. The summed E-state index contributed by atoms with van der Waals surface area (Å²) in [5.74, 6) is -1.80. The number of carbonyl (C=O) groups is 2. The van der Waals surface area contributed by atoms with Crippen molar-refractivity contribution in [3.8, 4) is 0 Å². The summed E-state index contributed by atoms with van der Waals surface area (Å²) in [5, 5.41) is 13.1. The zero-order valence-corrected chi connectivity index (χ0v) is 12.7. The maximum atomic E-state index is 11.9. The predicted molar refractivity (Wildman–Crippen MR) is 79.6 cm³/mol. The van der Waals surface area contributed by atoms with Crippen molar-refractivity contribution < 1.29 is 23.1 Å². The zero-order chi connectivity index (χ0) is 15.5. The van der Waals surface area contributed by atoms with Crippen LogP contribution in [0.4, 0.5) is 0 Å². The smallest absolute Gasteiger partial charge is 0.328 e. The van der Waals surface area contributed by atoms with Gasteiger partial charge in [-0.2, -0.15) is 0 Å². The highest BCUT2D eigenvalue weighted by Crippen LogP contribution is 2.20. The van der Waals surface area contributed by atoms with E-state index in [0.717, 1.165) is 16.5 Å². The molecule has 6 nitrogen and oxygen atoms in total. The molecule has 1 aromatic rings. The van der Waals surface area contributed by atoms with E-state index in [1.807, 2.05) is 5.38 Å². The fourth-order valence-corrected chi connectivity index (χ4v) is 4.67. The van der Waals surface area contributed by atoms with Gasteiger partial charge in [0.25, 0.3) is 0 Å². The maximum Gasteiger partial charge on any atom is 0.328 e. The molecule has 114 valence electrons. The van der Waals surface area contributed by atoms with E-state index >= 15 is 0 Å². The number of aliphatic carboxylic acids is 1. The van der Waals surface area contributed by atoms with Crippen LogP contribution in [0, 0.1) is 5.92 Å². The number of rotatable bonds is 5. The number of nitrogens with one attached hydrogen (secondary N) is 1. The van der Waals surface area contributed by atoms with E-state index in [9.17, 15) is 18.0 Å². The van der Waals surface area contributed by atoms with E-state index in [1.54, 1.807) is 6.07 Å². The fraction of sp³-hybridized carbons (Fsp3) is 0.385. The van der Waals surface area contributed by atoms with Crippen LogP contribution in [0.3, 0.4) is 0 Å². The lowest BCUT2D eigenvalue weighted by Crippen LogP contribution is -2.30. The Balaban J connectivity index is 1.93. The largest absolute Gasteiger partial charge is 0.478 e. The van der Waals surface area contributed by atoms with Gasteiger partial charge in [-0.3, -0.25) is 4.79 Å². The van der Waals surface area contributed by atoms with E-state index in [0.29, 0.717) is 6.42 Å². The molecule has 1 atom stereocenters. The molecule has 1 aliphatic rings. The first-order chi connectivity index (χ1) is 9.87. The van der Waals surface area contributed by atoms with Gasteiger partial charge in [0.2, 0.25) is 5.91 Å². The molecule has 8 heteroatoms. The first-order valence-corrected chi connectivity index (χ1v) is 9.03. The average Bonchev–Trinajstić information content (AvgIpc) is 2.99. The van der Waals surface area contributed by atoms with Crippen molar-refractivity contribution in [1.29, 1.82) is 0 Å². The number of hydrogen-bond donors (Lipinski definition) is 2. The molecular formula is C13H15NO5S2. The minimum absolute atomic E-state index is 0.0662. The van der Waals surface area contributed by atoms with Crippen molar-refractivity contribution in [2.45, 2.75) is 13.0 Å². The summed E-state index contributed by atoms with van der Waals surface area (Å²) >= 11 is 1.41. The van der Waals surface area contributed by atoms with Crippen molar-refractivity contribution in [2.75, 3.05) is 11.5 Å². The fourth-order valence-electron chi connectivity index (χ4n) is 2.12. The first-order valence-electron chi connectivity index (χ1n) is 6.33. The van der Waals surface area contributed by atoms with Crippen LogP contribution in [-0.4, -0.2) is 36.9 Å². The van der Waals surface area contributed by atoms with Gasteiger partial charge >= 0.3 is 5.97 Å². The van der Waals surface area contributed by atoms with Gasteiger partial charge in [-0.1, -0.05) is 0 Å². The van der Waals surface area contributed by atoms with Gasteiger partial charge in [0.15, 0.2) is 9.84 Å². The van der Waals surface area contributed by atoms with Crippen LogP contribution in [0.25, 0.3) is 6.08 Å². The Kier molecular flexibility index (Phi) is 4.79. The van der Waals surface area contributed by atoms with Crippen molar-refractivity contribution in [2.24, 2.45) is 5.92 Å². The Bertz CT molecular complexity index is 674. The molecule has 1 fully saturated rings. The summed E-state index contributed by atoms with van der Waals surface area (Å²) in [6, 6.07) is 1.77. The average molecular weight is 329 g/mol. The molecule has 0 radical (unpaired) electrons. The molecule has 2 heterocycles. The molecule has 1 amide bonds. The van der Waals surface area contributed by atoms with Gasteiger partial charge in [0.1, 0.15) is 0 Å². The van der Waals surface area contributed by atoms with Gasteiger partial charge < -0.3 is 10.4 Å². The maximum absolute atomic E-state index is 11.9. The van der Waals surface area contributed by atoms with Crippen LogP contribution in [0.2, 0.25) is 0 Å². The number of amides is 1. The lowest BCUT2D eigenvalue weighted by molar-refractivity contribution is -0.131. The topological polar surface area (TPSA) is 101 Å². The number of carboxylic acids is 1. The molecule has 0 saturated carbocycles. The molecule has 0 bridgehead atoms. The van der Waals surface area contributed by atoms with Crippen molar-refractivity contribution in [3.63, 3.8) is 0 Å². The van der Waals surface area contributed by atoms with E-state index in [2.05, 4.69) is 5.32 Å². The first kappa shape index (κ1) is 15.7. The Labute approximate surface area is 126 Å². The lowest BCUT2D eigenvalue weighted by atomic mass is 10.1. The molecule has 0 aromatic carbocycles. The predicted octanol–water partition coefficient (Wildman–Crippen LogP) is 0.897. The standard InChI is InChI=1S/C13H15NO5S2/c15-12(16)2-1-9-3-5-20-11(9)7-14-13(17)10-4-6-21(18,19)8-10/h1-3,5,10H,4,6-8H2,(H,14,17)(H,15,16)/b2-1+. The van der Waals surface area contributed by atoms with Crippen LogP contribution in [0.1, 0.15) is 16.9 Å². The van der Waals surface area contributed by atoms with Crippen LogP contribution < -0.4 is 5.32 Å². The van der Waals surface area contributed by atoms with Crippen LogP contribution >= 0.6 is 11.3 Å². The molecule has 2 N–H and O–H groups in total. The highest BCUT2D eigenvalue weighted by atomic mass is 32.2. The van der Waals surface area contributed by atoms with Gasteiger partial charge in [-0.05, 0) is 29.5 Å².